The van der Waals surface area contributed by atoms with Crippen LogP contribution in [0.5, 0.6) is 5.75 Å². The zero-order valence-electron chi connectivity index (χ0n) is 13.9. The largest absolute Gasteiger partial charge is 0.545 e. The monoisotopic (exact) mass is 365 g/mol. The molecule has 2 N–H and O–H groups in total. The molecule has 0 bridgehead atoms. The Morgan fingerprint density at radius 2 is 1.59 bits per heavy atom. The Labute approximate surface area is 153 Å². The number of carbonyl (C=O) groups excluding carboxylic acids is 4. The number of ether oxygens (including phenoxy) is 1. The number of benzene rings is 2. The van der Waals surface area contributed by atoms with Crippen LogP contribution in [0.15, 0.2) is 54.1 Å². The Hall–Kier alpha value is -3.94. The maximum atomic E-state index is 11.8. The van der Waals surface area contributed by atoms with Crippen molar-refractivity contribution < 1.29 is 29.0 Å². The van der Waals surface area contributed by atoms with Gasteiger partial charge in [-0.1, -0.05) is 42.5 Å². The molecule has 1 heterocycles. The highest BCUT2D eigenvalue weighted by Crippen LogP contribution is 2.23. The van der Waals surface area contributed by atoms with Crippen molar-refractivity contribution in [2.45, 2.75) is 6.61 Å². The van der Waals surface area contributed by atoms with E-state index in [2.05, 4.69) is 0 Å². The molecule has 8 nitrogen and oxygen atoms in total. The van der Waals surface area contributed by atoms with E-state index in [0.29, 0.717) is 11.3 Å². The zero-order valence-corrected chi connectivity index (χ0v) is 13.9. The van der Waals surface area contributed by atoms with Gasteiger partial charge in [-0.15, -0.1) is 0 Å². The number of nitrogens with one attached hydrogen (secondary N) is 2. The fourth-order valence-electron chi connectivity index (χ4n) is 2.39. The minimum Gasteiger partial charge on any atom is -0.545 e. The highest BCUT2D eigenvalue weighted by Gasteiger charge is 2.27. The van der Waals surface area contributed by atoms with Gasteiger partial charge in [-0.2, -0.15) is 0 Å². The molecule has 1 saturated heterocycles. The molecule has 136 valence electrons. The van der Waals surface area contributed by atoms with Gasteiger partial charge in [0.25, 0.3) is 11.8 Å². The molecule has 8 heteroatoms. The summed E-state index contributed by atoms with van der Waals surface area (Å²) < 4.78 is 5.72. The van der Waals surface area contributed by atoms with E-state index in [1.54, 1.807) is 36.4 Å². The number of amides is 4. The molecule has 3 rings (SSSR count). The number of urea groups is 1. The van der Waals surface area contributed by atoms with E-state index < -0.39 is 23.8 Å². The minimum absolute atomic E-state index is 0.0627. The molecule has 0 spiro atoms. The van der Waals surface area contributed by atoms with Crippen LogP contribution in [0.3, 0.4) is 0 Å². The third kappa shape index (κ3) is 4.18. The number of aromatic carboxylic acids is 1. The van der Waals surface area contributed by atoms with Gasteiger partial charge in [-0.3, -0.25) is 20.2 Å². The van der Waals surface area contributed by atoms with Crippen LogP contribution in [-0.2, 0) is 16.2 Å². The lowest BCUT2D eigenvalue weighted by Gasteiger charge is -2.15. The van der Waals surface area contributed by atoms with E-state index >= 15 is 0 Å². The summed E-state index contributed by atoms with van der Waals surface area (Å²) in [6.07, 6.45) is 1.33. The molecular weight excluding hydrogens is 352 g/mol. The minimum atomic E-state index is -1.26. The molecule has 0 saturated carbocycles. The lowest BCUT2D eigenvalue weighted by molar-refractivity contribution is -0.255. The summed E-state index contributed by atoms with van der Waals surface area (Å²) in [6, 6.07) is 11.9. The SMILES string of the molecule is O=C1NC(=O)C(=Cc2ccccc2OCc2ccc(C(=O)[O-])cc2)C(=O)N1. The van der Waals surface area contributed by atoms with Gasteiger partial charge in [-0.05, 0) is 23.3 Å². The second-order valence-corrected chi connectivity index (χ2v) is 5.61. The molecule has 0 atom stereocenters. The summed E-state index contributed by atoms with van der Waals surface area (Å²) in [6.45, 7) is 0.143. The predicted molar refractivity (Wildman–Crippen MR) is 91.2 cm³/mol. The lowest BCUT2D eigenvalue weighted by Crippen LogP contribution is -2.51. The van der Waals surface area contributed by atoms with Crippen LogP contribution in [0, 0.1) is 0 Å². The Balaban J connectivity index is 1.79. The Bertz CT molecular complexity index is 940. The molecule has 27 heavy (non-hydrogen) atoms. The second kappa shape index (κ2) is 7.52. The molecule has 0 aromatic heterocycles. The molecule has 2 aromatic rings. The van der Waals surface area contributed by atoms with Gasteiger partial charge >= 0.3 is 6.03 Å². The van der Waals surface area contributed by atoms with Gasteiger partial charge in [-0.25, -0.2) is 4.79 Å². The number of hydrogen-bond acceptors (Lipinski definition) is 6. The number of rotatable bonds is 5. The zero-order chi connectivity index (χ0) is 19.4. The van der Waals surface area contributed by atoms with Crippen LogP contribution >= 0.6 is 0 Å². The maximum Gasteiger partial charge on any atom is 0.328 e. The summed E-state index contributed by atoms with van der Waals surface area (Å²) >= 11 is 0. The Kier molecular flexibility index (Phi) is 4.98. The maximum absolute atomic E-state index is 11.8. The second-order valence-electron chi connectivity index (χ2n) is 5.61. The normalized spacial score (nSPS) is 13.6. The Morgan fingerprint density at radius 1 is 0.963 bits per heavy atom. The van der Waals surface area contributed by atoms with Crippen LogP contribution in [0.25, 0.3) is 6.08 Å². The molecular formula is C19H13N2O6-. The number of carboxylic acid groups (broad SMARTS) is 1. The third-order valence-electron chi connectivity index (χ3n) is 3.75. The average molecular weight is 365 g/mol. The summed E-state index contributed by atoms with van der Waals surface area (Å²) in [7, 11) is 0. The standard InChI is InChI=1S/C19H14N2O6/c22-16-14(17(23)21-19(26)20-16)9-13-3-1-2-4-15(13)27-10-11-5-7-12(8-6-11)18(24)25/h1-9H,10H2,(H,24,25)(H2,20,21,22,23,26)/p-1. The highest BCUT2D eigenvalue weighted by molar-refractivity contribution is 6.31. The first kappa shape index (κ1) is 17.9. The number of barbiturate groups is 1. The number of carbonyl (C=O) groups is 4. The third-order valence-corrected chi connectivity index (χ3v) is 3.75. The van der Waals surface area contributed by atoms with Crippen molar-refractivity contribution >= 4 is 29.9 Å². The van der Waals surface area contributed by atoms with Crippen molar-refractivity contribution in [2.24, 2.45) is 0 Å². The van der Waals surface area contributed by atoms with Crippen LogP contribution in [0.1, 0.15) is 21.5 Å². The number of imide groups is 2. The van der Waals surface area contributed by atoms with Gasteiger partial charge in [0.1, 0.15) is 17.9 Å². The van der Waals surface area contributed by atoms with E-state index in [4.69, 9.17) is 4.74 Å². The number of para-hydroxylation sites is 1. The van der Waals surface area contributed by atoms with E-state index in [0.717, 1.165) is 5.56 Å². The Morgan fingerprint density at radius 3 is 2.22 bits per heavy atom. The van der Waals surface area contributed by atoms with Crippen molar-refractivity contribution in [1.82, 2.24) is 10.6 Å². The lowest BCUT2D eigenvalue weighted by atomic mass is 10.1. The fourth-order valence-corrected chi connectivity index (χ4v) is 2.39. The highest BCUT2D eigenvalue weighted by atomic mass is 16.5. The molecule has 4 amide bonds. The summed E-state index contributed by atoms with van der Waals surface area (Å²) in [5.41, 5.74) is 1.04. The van der Waals surface area contributed by atoms with Gasteiger partial charge in [0, 0.05) is 5.56 Å². The molecule has 1 aliphatic heterocycles. The fraction of sp³-hybridized carbons (Fsp3) is 0.0526. The summed E-state index contributed by atoms with van der Waals surface area (Å²) in [4.78, 5) is 45.6. The molecule has 1 fully saturated rings. The van der Waals surface area contributed by atoms with Crippen LogP contribution < -0.4 is 20.5 Å². The predicted octanol–water partition coefficient (Wildman–Crippen LogP) is 0.378. The molecule has 1 aliphatic rings. The van der Waals surface area contributed by atoms with E-state index in [1.165, 1.54) is 18.2 Å². The van der Waals surface area contributed by atoms with Crippen LogP contribution in [0.2, 0.25) is 0 Å². The van der Waals surface area contributed by atoms with Crippen molar-refractivity contribution in [3.05, 3.63) is 70.8 Å². The molecule has 0 aliphatic carbocycles. The molecule has 0 radical (unpaired) electrons. The van der Waals surface area contributed by atoms with Crippen molar-refractivity contribution in [1.29, 1.82) is 0 Å². The average Bonchev–Trinajstić information content (AvgIpc) is 2.64. The van der Waals surface area contributed by atoms with Crippen molar-refractivity contribution in [2.75, 3.05) is 0 Å². The first-order valence-electron chi connectivity index (χ1n) is 7.84. The first-order valence-corrected chi connectivity index (χ1v) is 7.84. The van der Waals surface area contributed by atoms with E-state index in [1.807, 2.05) is 10.6 Å². The van der Waals surface area contributed by atoms with Gasteiger partial charge < -0.3 is 14.6 Å². The van der Waals surface area contributed by atoms with Crippen molar-refractivity contribution in [3.63, 3.8) is 0 Å². The van der Waals surface area contributed by atoms with E-state index in [-0.39, 0.29) is 17.7 Å². The number of carboxylic acids is 1. The quantitative estimate of drug-likeness (QED) is 0.583. The van der Waals surface area contributed by atoms with Crippen molar-refractivity contribution in [3.8, 4) is 5.75 Å². The van der Waals surface area contributed by atoms with Crippen LogP contribution in [-0.4, -0.2) is 23.8 Å². The van der Waals surface area contributed by atoms with Gasteiger partial charge in [0.05, 0.1) is 5.97 Å². The van der Waals surface area contributed by atoms with Gasteiger partial charge in [0.2, 0.25) is 0 Å². The summed E-state index contributed by atoms with van der Waals surface area (Å²) in [5.74, 6) is -2.44. The number of hydrogen-bond donors (Lipinski definition) is 2. The van der Waals surface area contributed by atoms with Crippen LogP contribution in [0.4, 0.5) is 4.79 Å². The topological polar surface area (TPSA) is 125 Å². The smallest absolute Gasteiger partial charge is 0.328 e. The first-order chi connectivity index (χ1) is 12.9. The van der Waals surface area contributed by atoms with Gasteiger partial charge in [0.15, 0.2) is 0 Å². The molecule has 0 unspecified atom stereocenters. The summed E-state index contributed by atoms with van der Waals surface area (Å²) in [5, 5.41) is 14.8. The molecule has 2 aromatic carbocycles. The van der Waals surface area contributed by atoms with E-state index in [9.17, 15) is 24.3 Å².